The summed E-state index contributed by atoms with van der Waals surface area (Å²) in [5.74, 6) is 0. The monoisotopic (exact) mass is 266 g/mol. The zero-order valence-corrected chi connectivity index (χ0v) is 11.5. The minimum absolute atomic E-state index is 0.133. The summed E-state index contributed by atoms with van der Waals surface area (Å²) < 4.78 is 0. The molecule has 0 saturated carbocycles. The number of nitrogens with one attached hydrogen (secondary N) is 1. The van der Waals surface area contributed by atoms with Crippen LogP contribution in [-0.2, 0) is 0 Å². The van der Waals surface area contributed by atoms with Crippen LogP contribution in [0.5, 0.6) is 0 Å². The van der Waals surface area contributed by atoms with Gasteiger partial charge in [0, 0.05) is 18.4 Å². The van der Waals surface area contributed by atoms with Gasteiger partial charge in [0.25, 0.3) is 0 Å². The quantitative estimate of drug-likeness (QED) is 0.894. The molecule has 102 valence electrons. The second-order valence-corrected chi connectivity index (χ2v) is 4.27. The molecule has 0 unspecified atom stereocenters. The van der Waals surface area contributed by atoms with Crippen molar-refractivity contribution in [1.29, 1.82) is 0 Å². The molecule has 0 spiro atoms. The summed E-state index contributed by atoms with van der Waals surface area (Å²) in [6, 6.07) is 19.3. The fraction of sp³-hybridized carbons (Fsp3) is 0.118. The standard InChI is InChI=1S/C17H18N2O/c1-2-19(16-11-7-4-8-12-16)17(20)18-14-13-15-9-5-3-6-10-15/h3-14H,2H2,1H3,(H,18,20)/b14-13+. The Morgan fingerprint density at radius 3 is 2.25 bits per heavy atom. The number of urea groups is 1. The molecule has 0 aliphatic carbocycles. The van der Waals surface area contributed by atoms with Crippen LogP contribution < -0.4 is 10.2 Å². The van der Waals surface area contributed by atoms with Gasteiger partial charge >= 0.3 is 6.03 Å². The Hall–Kier alpha value is -2.55. The molecule has 0 aromatic heterocycles. The topological polar surface area (TPSA) is 32.3 Å². The molecular formula is C17H18N2O. The molecule has 0 saturated heterocycles. The first-order valence-corrected chi connectivity index (χ1v) is 6.66. The molecule has 0 aliphatic rings. The predicted octanol–water partition coefficient (Wildman–Crippen LogP) is 3.89. The third kappa shape index (κ3) is 3.72. The van der Waals surface area contributed by atoms with Gasteiger partial charge in [0.05, 0.1) is 0 Å². The van der Waals surface area contributed by atoms with Crippen LogP contribution in [0.4, 0.5) is 10.5 Å². The lowest BCUT2D eigenvalue weighted by Crippen LogP contribution is -2.37. The maximum absolute atomic E-state index is 12.1. The first kappa shape index (κ1) is 13.9. The molecule has 0 atom stereocenters. The highest BCUT2D eigenvalue weighted by atomic mass is 16.2. The molecule has 1 N–H and O–H groups in total. The second kappa shape index (κ2) is 7.14. The minimum atomic E-state index is -0.133. The van der Waals surface area contributed by atoms with Crippen LogP contribution in [0.15, 0.2) is 66.9 Å². The van der Waals surface area contributed by atoms with Crippen LogP contribution >= 0.6 is 0 Å². The maximum Gasteiger partial charge on any atom is 0.325 e. The molecule has 2 aromatic rings. The van der Waals surface area contributed by atoms with E-state index in [1.807, 2.05) is 73.7 Å². The Bertz CT molecular complexity index is 564. The van der Waals surface area contributed by atoms with E-state index >= 15 is 0 Å². The van der Waals surface area contributed by atoms with Gasteiger partial charge in [-0.05, 0) is 30.7 Å². The van der Waals surface area contributed by atoms with Crippen LogP contribution in [0, 0.1) is 0 Å². The van der Waals surface area contributed by atoms with Crippen LogP contribution in [0.25, 0.3) is 6.08 Å². The van der Waals surface area contributed by atoms with E-state index in [1.54, 1.807) is 11.1 Å². The fourth-order valence-corrected chi connectivity index (χ4v) is 1.90. The molecule has 3 heteroatoms. The number of hydrogen-bond acceptors (Lipinski definition) is 1. The van der Waals surface area contributed by atoms with Crippen LogP contribution in [-0.4, -0.2) is 12.6 Å². The Morgan fingerprint density at radius 1 is 1.05 bits per heavy atom. The molecule has 0 radical (unpaired) electrons. The molecule has 20 heavy (non-hydrogen) atoms. The van der Waals surface area contributed by atoms with Crippen molar-refractivity contribution in [3.8, 4) is 0 Å². The van der Waals surface area contributed by atoms with E-state index in [0.717, 1.165) is 11.3 Å². The number of benzene rings is 2. The average molecular weight is 266 g/mol. The van der Waals surface area contributed by atoms with Gasteiger partial charge < -0.3 is 5.32 Å². The van der Waals surface area contributed by atoms with Gasteiger partial charge in [-0.3, -0.25) is 4.90 Å². The van der Waals surface area contributed by atoms with Gasteiger partial charge in [0.15, 0.2) is 0 Å². The molecule has 3 nitrogen and oxygen atoms in total. The second-order valence-electron chi connectivity index (χ2n) is 4.27. The Labute approximate surface area is 119 Å². The van der Waals surface area contributed by atoms with Crippen molar-refractivity contribution in [1.82, 2.24) is 5.32 Å². The molecule has 2 amide bonds. The first-order chi connectivity index (χ1) is 9.81. The molecule has 0 heterocycles. The predicted molar refractivity (Wildman–Crippen MR) is 83.5 cm³/mol. The van der Waals surface area contributed by atoms with E-state index < -0.39 is 0 Å². The van der Waals surface area contributed by atoms with Crippen molar-refractivity contribution in [2.75, 3.05) is 11.4 Å². The summed E-state index contributed by atoms with van der Waals surface area (Å²) in [6.45, 7) is 2.57. The Kier molecular flexibility index (Phi) is 4.95. The molecule has 0 fully saturated rings. The Morgan fingerprint density at radius 2 is 1.65 bits per heavy atom. The highest BCUT2D eigenvalue weighted by Gasteiger charge is 2.11. The lowest BCUT2D eigenvalue weighted by atomic mass is 10.2. The zero-order chi connectivity index (χ0) is 14.2. The van der Waals surface area contributed by atoms with Gasteiger partial charge in [-0.15, -0.1) is 0 Å². The Balaban J connectivity index is 1.99. The van der Waals surface area contributed by atoms with Crippen molar-refractivity contribution >= 4 is 17.8 Å². The summed E-state index contributed by atoms with van der Waals surface area (Å²) in [4.78, 5) is 13.8. The van der Waals surface area contributed by atoms with E-state index in [-0.39, 0.29) is 6.03 Å². The van der Waals surface area contributed by atoms with E-state index in [2.05, 4.69) is 5.32 Å². The van der Waals surface area contributed by atoms with Gasteiger partial charge in [0.1, 0.15) is 0 Å². The zero-order valence-electron chi connectivity index (χ0n) is 11.5. The van der Waals surface area contributed by atoms with Crippen molar-refractivity contribution < 1.29 is 4.79 Å². The van der Waals surface area contributed by atoms with Gasteiger partial charge in [-0.1, -0.05) is 48.5 Å². The SMILES string of the molecule is CCN(C(=O)N/C=C/c1ccccc1)c1ccccc1. The van der Waals surface area contributed by atoms with E-state index in [9.17, 15) is 4.79 Å². The van der Waals surface area contributed by atoms with Crippen LogP contribution in [0.2, 0.25) is 0 Å². The highest BCUT2D eigenvalue weighted by Crippen LogP contribution is 2.12. The van der Waals surface area contributed by atoms with Crippen molar-refractivity contribution in [3.63, 3.8) is 0 Å². The summed E-state index contributed by atoms with van der Waals surface area (Å²) in [7, 11) is 0. The number of para-hydroxylation sites is 1. The molecule has 2 aromatic carbocycles. The van der Waals surface area contributed by atoms with Crippen LogP contribution in [0.1, 0.15) is 12.5 Å². The van der Waals surface area contributed by atoms with E-state index in [1.165, 1.54) is 0 Å². The number of amides is 2. The summed E-state index contributed by atoms with van der Waals surface area (Å²) in [5.41, 5.74) is 1.94. The summed E-state index contributed by atoms with van der Waals surface area (Å²) in [6.07, 6.45) is 3.54. The van der Waals surface area contributed by atoms with Gasteiger partial charge in [0.2, 0.25) is 0 Å². The largest absolute Gasteiger partial charge is 0.325 e. The van der Waals surface area contributed by atoms with Crippen molar-refractivity contribution in [2.24, 2.45) is 0 Å². The number of anilines is 1. The number of carbonyl (C=O) groups is 1. The van der Waals surface area contributed by atoms with Crippen LogP contribution in [0.3, 0.4) is 0 Å². The van der Waals surface area contributed by atoms with Crippen molar-refractivity contribution in [2.45, 2.75) is 6.92 Å². The number of rotatable bonds is 4. The molecule has 0 aliphatic heterocycles. The number of hydrogen-bond donors (Lipinski definition) is 1. The first-order valence-electron chi connectivity index (χ1n) is 6.66. The fourth-order valence-electron chi connectivity index (χ4n) is 1.90. The molecular weight excluding hydrogens is 248 g/mol. The van der Waals surface area contributed by atoms with Crippen molar-refractivity contribution in [3.05, 3.63) is 72.4 Å². The maximum atomic E-state index is 12.1. The van der Waals surface area contributed by atoms with E-state index in [0.29, 0.717) is 6.54 Å². The highest BCUT2D eigenvalue weighted by molar-refractivity contribution is 5.92. The summed E-state index contributed by atoms with van der Waals surface area (Å²) in [5, 5.41) is 2.79. The smallest absolute Gasteiger partial charge is 0.314 e. The number of carbonyl (C=O) groups excluding carboxylic acids is 1. The lowest BCUT2D eigenvalue weighted by Gasteiger charge is -2.20. The third-order valence-electron chi connectivity index (χ3n) is 2.91. The normalized spacial score (nSPS) is 10.4. The third-order valence-corrected chi connectivity index (χ3v) is 2.91. The van der Waals surface area contributed by atoms with Gasteiger partial charge in [-0.25, -0.2) is 4.79 Å². The summed E-state index contributed by atoms with van der Waals surface area (Å²) >= 11 is 0. The number of nitrogens with zero attached hydrogens (tertiary/aromatic N) is 1. The minimum Gasteiger partial charge on any atom is -0.314 e. The average Bonchev–Trinajstić information content (AvgIpc) is 2.50. The molecule has 0 bridgehead atoms. The lowest BCUT2D eigenvalue weighted by molar-refractivity contribution is 0.249. The van der Waals surface area contributed by atoms with E-state index in [4.69, 9.17) is 0 Å². The molecule has 2 rings (SSSR count). The van der Waals surface area contributed by atoms with Gasteiger partial charge in [-0.2, -0.15) is 0 Å².